The number of rotatable bonds is 3. The summed E-state index contributed by atoms with van der Waals surface area (Å²) in [6.07, 6.45) is 0. The summed E-state index contributed by atoms with van der Waals surface area (Å²) >= 11 is 6.13. The van der Waals surface area contributed by atoms with Crippen LogP contribution in [-0.4, -0.2) is 29.5 Å². The molecule has 8 heteroatoms. The summed E-state index contributed by atoms with van der Waals surface area (Å²) in [7, 11) is 0. The zero-order valence-corrected chi connectivity index (χ0v) is 16.2. The van der Waals surface area contributed by atoms with Crippen molar-refractivity contribution in [1.82, 2.24) is 15.2 Å². The topological polar surface area (TPSA) is 41.3 Å². The number of hydrogen-bond donors (Lipinski definition) is 1. The summed E-state index contributed by atoms with van der Waals surface area (Å²) < 4.78 is 19.1. The molecule has 1 aromatic heterocycles. The Morgan fingerprint density at radius 2 is 2.08 bits per heavy atom. The number of aromatic nitrogens is 1. The molecular formula is C18H19Cl3FN3O. The first-order valence-corrected chi connectivity index (χ1v) is 8.32. The second-order valence-corrected chi connectivity index (χ2v) is 6.40. The molecule has 1 unspecified atom stereocenters. The van der Waals surface area contributed by atoms with Crippen LogP contribution in [0.25, 0.3) is 11.1 Å². The van der Waals surface area contributed by atoms with E-state index in [-0.39, 0.29) is 36.7 Å². The van der Waals surface area contributed by atoms with E-state index < -0.39 is 0 Å². The van der Waals surface area contributed by atoms with Crippen LogP contribution in [0.1, 0.15) is 17.5 Å². The van der Waals surface area contributed by atoms with Crippen molar-refractivity contribution in [2.75, 3.05) is 19.6 Å². The summed E-state index contributed by atoms with van der Waals surface area (Å²) in [4.78, 5) is 6.73. The highest BCUT2D eigenvalue weighted by atomic mass is 35.5. The third-order valence-electron chi connectivity index (χ3n) is 4.32. The Kier molecular flexibility index (Phi) is 7.26. The lowest BCUT2D eigenvalue weighted by molar-refractivity contribution is 0.141. The Labute approximate surface area is 168 Å². The van der Waals surface area contributed by atoms with Crippen molar-refractivity contribution >= 4 is 47.5 Å². The minimum atomic E-state index is -0.304. The average Bonchev–Trinajstić information content (AvgIpc) is 2.96. The third kappa shape index (κ3) is 4.48. The van der Waals surface area contributed by atoms with Gasteiger partial charge >= 0.3 is 0 Å². The van der Waals surface area contributed by atoms with E-state index >= 15 is 0 Å². The highest BCUT2D eigenvalue weighted by Crippen LogP contribution is 2.27. The maximum atomic E-state index is 13.3. The molecule has 1 aliphatic heterocycles. The van der Waals surface area contributed by atoms with Crippen LogP contribution in [0.5, 0.6) is 0 Å². The smallest absolute Gasteiger partial charge is 0.209 e. The molecule has 0 bridgehead atoms. The number of halogens is 4. The van der Waals surface area contributed by atoms with Crippen LogP contribution in [0.15, 0.2) is 46.9 Å². The highest BCUT2D eigenvalue weighted by Gasteiger charge is 2.25. The van der Waals surface area contributed by atoms with Crippen molar-refractivity contribution in [3.8, 4) is 0 Å². The molecule has 1 N–H and O–H groups in total. The lowest BCUT2D eigenvalue weighted by Gasteiger charge is -2.35. The zero-order valence-electron chi connectivity index (χ0n) is 13.8. The normalized spacial score (nSPS) is 17.5. The first-order valence-electron chi connectivity index (χ1n) is 7.94. The molecular weight excluding hydrogens is 400 g/mol. The Morgan fingerprint density at radius 3 is 2.88 bits per heavy atom. The van der Waals surface area contributed by atoms with E-state index in [9.17, 15) is 4.39 Å². The number of oxazole rings is 1. The van der Waals surface area contributed by atoms with Gasteiger partial charge in [0.25, 0.3) is 0 Å². The maximum absolute atomic E-state index is 13.3. The monoisotopic (exact) mass is 417 g/mol. The van der Waals surface area contributed by atoms with Gasteiger partial charge in [-0.15, -0.1) is 24.8 Å². The van der Waals surface area contributed by atoms with Gasteiger partial charge in [0.1, 0.15) is 11.3 Å². The fraction of sp³-hybridized carbons (Fsp3) is 0.278. The number of fused-ring (bicyclic) bond motifs is 1. The van der Waals surface area contributed by atoms with Gasteiger partial charge in [-0.05, 0) is 29.8 Å². The molecule has 0 amide bonds. The third-order valence-corrected chi connectivity index (χ3v) is 4.56. The van der Waals surface area contributed by atoms with Crippen LogP contribution in [0.4, 0.5) is 4.39 Å². The molecule has 0 spiro atoms. The molecule has 4 rings (SSSR count). The molecule has 0 radical (unpaired) electrons. The van der Waals surface area contributed by atoms with Gasteiger partial charge in [-0.2, -0.15) is 0 Å². The van der Waals surface area contributed by atoms with Gasteiger partial charge in [0, 0.05) is 36.8 Å². The standard InChI is InChI=1S/C18H17ClFN3O.2ClH/c19-13-3-1-2-12(8-13)16-10-21-6-7-23(16)11-18-22-15-9-14(20)4-5-17(15)24-18;;/h1-5,8-9,16,21H,6-7,10-11H2;2*1H. The second kappa shape index (κ2) is 9.02. The largest absolute Gasteiger partial charge is 0.439 e. The van der Waals surface area contributed by atoms with Crippen LogP contribution < -0.4 is 5.32 Å². The van der Waals surface area contributed by atoms with Crippen molar-refractivity contribution < 1.29 is 8.81 Å². The van der Waals surface area contributed by atoms with Crippen molar-refractivity contribution in [3.63, 3.8) is 0 Å². The van der Waals surface area contributed by atoms with E-state index in [1.165, 1.54) is 12.1 Å². The number of piperazine rings is 1. The first-order chi connectivity index (χ1) is 11.7. The minimum absolute atomic E-state index is 0. The summed E-state index contributed by atoms with van der Waals surface area (Å²) in [5, 5.41) is 4.15. The summed E-state index contributed by atoms with van der Waals surface area (Å²) in [6.45, 7) is 3.21. The molecule has 0 aliphatic carbocycles. The predicted octanol–water partition coefficient (Wildman–Crippen LogP) is 4.61. The number of nitrogens with one attached hydrogen (secondary N) is 1. The maximum Gasteiger partial charge on any atom is 0.209 e. The molecule has 3 aromatic rings. The predicted molar refractivity (Wildman–Crippen MR) is 106 cm³/mol. The minimum Gasteiger partial charge on any atom is -0.439 e. The van der Waals surface area contributed by atoms with E-state index in [2.05, 4.69) is 21.3 Å². The molecule has 2 heterocycles. The van der Waals surface area contributed by atoms with Crippen LogP contribution in [0.2, 0.25) is 5.02 Å². The van der Waals surface area contributed by atoms with E-state index in [4.69, 9.17) is 16.0 Å². The fourth-order valence-electron chi connectivity index (χ4n) is 3.17. The van der Waals surface area contributed by atoms with Gasteiger partial charge in [-0.3, -0.25) is 4.90 Å². The Morgan fingerprint density at radius 1 is 1.23 bits per heavy atom. The van der Waals surface area contributed by atoms with E-state index in [1.54, 1.807) is 6.07 Å². The SMILES string of the molecule is Cl.Cl.Fc1ccc2oc(CN3CCNCC3c3cccc(Cl)c3)nc2c1. The summed E-state index contributed by atoms with van der Waals surface area (Å²) in [5.41, 5.74) is 2.33. The Balaban J connectivity index is 0.00000121. The average molecular weight is 419 g/mol. The van der Waals surface area contributed by atoms with Gasteiger partial charge in [0.05, 0.1) is 6.54 Å². The quantitative estimate of drug-likeness (QED) is 0.674. The van der Waals surface area contributed by atoms with Gasteiger partial charge in [0.15, 0.2) is 5.58 Å². The summed E-state index contributed by atoms with van der Waals surface area (Å²) in [5.74, 6) is 0.297. The molecule has 1 aliphatic rings. The molecule has 2 aromatic carbocycles. The first kappa shape index (κ1) is 20.9. The van der Waals surface area contributed by atoms with Crippen molar-refractivity contribution in [1.29, 1.82) is 0 Å². The van der Waals surface area contributed by atoms with E-state index in [0.29, 0.717) is 23.5 Å². The Bertz CT molecular complexity index is 874. The lowest BCUT2D eigenvalue weighted by Crippen LogP contribution is -2.45. The zero-order chi connectivity index (χ0) is 16.5. The number of nitrogens with zero attached hydrogens (tertiary/aromatic N) is 2. The van der Waals surface area contributed by atoms with Gasteiger partial charge in [-0.25, -0.2) is 9.37 Å². The van der Waals surface area contributed by atoms with Gasteiger partial charge < -0.3 is 9.73 Å². The molecule has 1 saturated heterocycles. The highest BCUT2D eigenvalue weighted by molar-refractivity contribution is 6.30. The molecule has 1 fully saturated rings. The Hall–Kier alpha value is -1.37. The molecule has 140 valence electrons. The van der Waals surface area contributed by atoms with Crippen molar-refractivity contribution in [3.05, 3.63) is 64.8 Å². The van der Waals surface area contributed by atoms with Crippen molar-refractivity contribution in [2.45, 2.75) is 12.6 Å². The number of hydrogen-bond acceptors (Lipinski definition) is 4. The van der Waals surface area contributed by atoms with Gasteiger partial charge in [-0.1, -0.05) is 23.7 Å². The fourth-order valence-corrected chi connectivity index (χ4v) is 3.37. The van der Waals surface area contributed by atoms with Gasteiger partial charge in [0.2, 0.25) is 5.89 Å². The molecule has 1 atom stereocenters. The lowest BCUT2D eigenvalue weighted by atomic mass is 10.0. The van der Waals surface area contributed by atoms with Crippen LogP contribution in [0.3, 0.4) is 0 Å². The van der Waals surface area contributed by atoms with Crippen LogP contribution in [0, 0.1) is 5.82 Å². The van der Waals surface area contributed by atoms with E-state index in [1.807, 2.05) is 18.2 Å². The number of benzene rings is 2. The summed E-state index contributed by atoms with van der Waals surface area (Å²) in [6, 6.07) is 12.5. The van der Waals surface area contributed by atoms with E-state index in [0.717, 1.165) is 30.2 Å². The molecule has 0 saturated carbocycles. The van der Waals surface area contributed by atoms with Crippen LogP contribution >= 0.6 is 36.4 Å². The van der Waals surface area contributed by atoms with Crippen molar-refractivity contribution in [2.24, 2.45) is 0 Å². The molecule has 4 nitrogen and oxygen atoms in total. The molecule has 26 heavy (non-hydrogen) atoms. The second-order valence-electron chi connectivity index (χ2n) is 5.97. The van der Waals surface area contributed by atoms with Crippen LogP contribution in [-0.2, 0) is 6.54 Å².